The Morgan fingerprint density at radius 1 is 1.13 bits per heavy atom. The fourth-order valence-corrected chi connectivity index (χ4v) is 3.43. The van der Waals surface area contributed by atoms with E-state index in [-0.39, 0.29) is 18.4 Å². The van der Waals surface area contributed by atoms with Gasteiger partial charge < -0.3 is 14.8 Å². The van der Waals surface area contributed by atoms with Crippen LogP contribution in [-0.2, 0) is 12.4 Å². The van der Waals surface area contributed by atoms with Crippen LogP contribution in [0, 0.1) is 5.82 Å². The number of thioether (sulfide) groups is 1. The van der Waals surface area contributed by atoms with Crippen molar-refractivity contribution >= 4 is 22.7 Å². The lowest BCUT2D eigenvalue weighted by molar-refractivity contribution is 0.279. The van der Waals surface area contributed by atoms with E-state index in [0.717, 1.165) is 29.5 Å². The highest BCUT2D eigenvalue weighted by Crippen LogP contribution is 2.20. The number of anilines is 1. The molecule has 0 amide bonds. The van der Waals surface area contributed by atoms with Gasteiger partial charge in [-0.3, -0.25) is 4.99 Å². The average molecular weight is 441 g/mol. The van der Waals surface area contributed by atoms with Crippen molar-refractivity contribution in [2.75, 3.05) is 19.0 Å². The molecule has 8 heteroatoms. The minimum absolute atomic E-state index is 0.0334. The van der Waals surface area contributed by atoms with Gasteiger partial charge in [-0.25, -0.2) is 9.37 Å². The molecule has 0 bridgehead atoms. The molecule has 0 atom stereocenters. The molecule has 0 fully saturated rings. The normalized spacial score (nSPS) is 11.3. The number of rotatable bonds is 9. The van der Waals surface area contributed by atoms with E-state index in [1.807, 2.05) is 61.5 Å². The molecule has 0 unspecified atom stereocenters. The third-order valence-electron chi connectivity index (χ3n) is 4.15. The van der Waals surface area contributed by atoms with Gasteiger partial charge in [-0.1, -0.05) is 61.2 Å². The van der Waals surface area contributed by atoms with Crippen LogP contribution in [0.15, 0.2) is 65.8 Å². The van der Waals surface area contributed by atoms with Gasteiger partial charge in [-0.05, 0) is 29.7 Å². The first-order valence-electron chi connectivity index (χ1n) is 9.94. The Labute approximate surface area is 186 Å². The number of methoxy groups -OCH3 is 1. The van der Waals surface area contributed by atoms with Crippen molar-refractivity contribution in [3.63, 3.8) is 0 Å². The van der Waals surface area contributed by atoms with Crippen molar-refractivity contribution in [2.24, 2.45) is 4.99 Å². The Bertz CT molecular complexity index is 1000. The number of aromatic nitrogens is 2. The monoisotopic (exact) mass is 440 g/mol. The van der Waals surface area contributed by atoms with E-state index in [0.29, 0.717) is 17.5 Å². The number of hydrogen-bond donors (Lipinski definition) is 1. The van der Waals surface area contributed by atoms with E-state index in [1.54, 1.807) is 7.11 Å². The maximum Gasteiger partial charge on any atom is 0.318 e. The fourth-order valence-electron chi connectivity index (χ4n) is 2.58. The third-order valence-corrected chi connectivity index (χ3v) is 5.13. The second-order valence-electron chi connectivity index (χ2n) is 6.58. The number of aliphatic imine (C=N–C) groups is 1. The lowest BCUT2D eigenvalue weighted by Crippen LogP contribution is -2.13. The summed E-state index contributed by atoms with van der Waals surface area (Å²) in [5, 5.41) is 3.60. The lowest BCUT2D eigenvalue weighted by Gasteiger charge is -2.11. The Kier molecular flexibility index (Phi) is 8.66. The summed E-state index contributed by atoms with van der Waals surface area (Å²) in [4.78, 5) is 12.6. The minimum atomic E-state index is -0.571. The molecule has 1 heterocycles. The summed E-state index contributed by atoms with van der Waals surface area (Å²) < 4.78 is 25.2. The molecule has 1 aromatic heterocycles. The molecule has 162 valence electrons. The van der Waals surface area contributed by atoms with E-state index in [1.165, 1.54) is 11.8 Å². The number of nitrogens with zero attached hydrogens (tertiary/aromatic N) is 3. The number of benzene rings is 2. The molecule has 0 aliphatic carbocycles. The SMILES string of the molecule is CCCN=C(Nc1nc(OCc2cccc(OC)c2)ncc1F)SCc1ccccc1. The summed E-state index contributed by atoms with van der Waals surface area (Å²) in [7, 11) is 1.61. The van der Waals surface area contributed by atoms with Gasteiger partial charge in [0.05, 0.1) is 13.3 Å². The molecule has 0 aliphatic heterocycles. The summed E-state index contributed by atoms with van der Waals surface area (Å²) >= 11 is 1.50. The van der Waals surface area contributed by atoms with E-state index in [2.05, 4.69) is 20.3 Å². The molecule has 3 rings (SSSR count). The predicted molar refractivity (Wildman–Crippen MR) is 123 cm³/mol. The smallest absolute Gasteiger partial charge is 0.318 e. The van der Waals surface area contributed by atoms with Crippen molar-refractivity contribution in [3.05, 3.63) is 77.7 Å². The second-order valence-corrected chi connectivity index (χ2v) is 7.54. The molecule has 0 saturated carbocycles. The van der Waals surface area contributed by atoms with Gasteiger partial charge in [-0.15, -0.1) is 0 Å². The van der Waals surface area contributed by atoms with Crippen molar-refractivity contribution in [1.82, 2.24) is 9.97 Å². The van der Waals surface area contributed by atoms with E-state index in [9.17, 15) is 4.39 Å². The molecule has 1 N–H and O–H groups in total. The van der Waals surface area contributed by atoms with Crippen LogP contribution in [0.2, 0.25) is 0 Å². The first-order valence-corrected chi connectivity index (χ1v) is 10.9. The summed E-state index contributed by atoms with van der Waals surface area (Å²) in [5.41, 5.74) is 2.05. The number of amidine groups is 1. The Balaban J connectivity index is 1.67. The van der Waals surface area contributed by atoms with Gasteiger partial charge >= 0.3 is 6.01 Å². The molecule has 2 aromatic carbocycles. The van der Waals surface area contributed by atoms with Gasteiger partial charge in [-0.2, -0.15) is 4.98 Å². The maximum absolute atomic E-state index is 14.4. The fraction of sp³-hybridized carbons (Fsp3) is 0.261. The van der Waals surface area contributed by atoms with Crippen molar-refractivity contribution in [1.29, 1.82) is 0 Å². The van der Waals surface area contributed by atoms with Crippen LogP contribution in [0.4, 0.5) is 10.2 Å². The van der Waals surface area contributed by atoms with E-state index in [4.69, 9.17) is 9.47 Å². The summed E-state index contributed by atoms with van der Waals surface area (Å²) in [6.45, 7) is 2.91. The lowest BCUT2D eigenvalue weighted by atomic mass is 10.2. The summed E-state index contributed by atoms with van der Waals surface area (Å²) in [5.74, 6) is 0.905. The first kappa shape index (κ1) is 22.6. The molecule has 0 saturated heterocycles. The van der Waals surface area contributed by atoms with Crippen molar-refractivity contribution in [3.8, 4) is 11.8 Å². The number of ether oxygens (including phenoxy) is 2. The van der Waals surface area contributed by atoms with E-state index < -0.39 is 5.82 Å². The Morgan fingerprint density at radius 2 is 1.94 bits per heavy atom. The first-order chi connectivity index (χ1) is 15.2. The Morgan fingerprint density at radius 3 is 2.71 bits per heavy atom. The minimum Gasteiger partial charge on any atom is -0.497 e. The van der Waals surface area contributed by atoms with Crippen LogP contribution in [-0.4, -0.2) is 28.8 Å². The zero-order valence-corrected chi connectivity index (χ0v) is 18.4. The third kappa shape index (κ3) is 7.25. The number of nitrogens with one attached hydrogen (secondary N) is 1. The molecule has 3 aromatic rings. The second kappa shape index (κ2) is 11.9. The summed E-state index contributed by atoms with van der Waals surface area (Å²) in [6, 6.07) is 17.6. The van der Waals surface area contributed by atoms with Gasteiger partial charge in [0.1, 0.15) is 12.4 Å². The number of hydrogen-bond acceptors (Lipinski definition) is 6. The molecule has 6 nitrogen and oxygen atoms in total. The van der Waals surface area contributed by atoms with Crippen LogP contribution in [0.1, 0.15) is 24.5 Å². The molecule has 0 aliphatic rings. The zero-order chi connectivity index (χ0) is 21.9. The molecular weight excluding hydrogens is 415 g/mol. The summed E-state index contributed by atoms with van der Waals surface area (Å²) in [6.07, 6.45) is 1.98. The van der Waals surface area contributed by atoms with Crippen molar-refractivity contribution in [2.45, 2.75) is 25.7 Å². The number of halogens is 1. The largest absolute Gasteiger partial charge is 0.497 e. The van der Waals surface area contributed by atoms with Gasteiger partial charge in [0.2, 0.25) is 0 Å². The van der Waals surface area contributed by atoms with Crippen LogP contribution in [0.3, 0.4) is 0 Å². The Hall–Kier alpha value is -3.13. The van der Waals surface area contributed by atoms with Gasteiger partial charge in [0.25, 0.3) is 0 Å². The van der Waals surface area contributed by atoms with Gasteiger partial charge in [0, 0.05) is 12.3 Å². The van der Waals surface area contributed by atoms with Crippen LogP contribution in [0.25, 0.3) is 0 Å². The highest BCUT2D eigenvalue weighted by Gasteiger charge is 2.12. The molecule has 31 heavy (non-hydrogen) atoms. The van der Waals surface area contributed by atoms with Crippen LogP contribution in [0.5, 0.6) is 11.8 Å². The predicted octanol–water partition coefficient (Wildman–Crippen LogP) is 5.31. The quantitative estimate of drug-likeness (QED) is 0.359. The zero-order valence-electron chi connectivity index (χ0n) is 17.5. The van der Waals surface area contributed by atoms with Gasteiger partial charge in [0.15, 0.2) is 16.8 Å². The molecule has 0 spiro atoms. The molecule has 0 radical (unpaired) electrons. The highest BCUT2D eigenvalue weighted by molar-refractivity contribution is 8.13. The van der Waals surface area contributed by atoms with Crippen molar-refractivity contribution < 1.29 is 13.9 Å². The average Bonchev–Trinajstić information content (AvgIpc) is 2.82. The topological polar surface area (TPSA) is 68.6 Å². The van der Waals surface area contributed by atoms with Crippen LogP contribution >= 0.6 is 11.8 Å². The maximum atomic E-state index is 14.4. The standard InChI is InChI=1S/C23H25FN4O2S/c1-3-12-25-23(31-16-17-8-5-4-6-9-17)28-21-20(24)14-26-22(27-21)30-15-18-10-7-11-19(13-18)29-2/h4-11,13-14H,3,12,15-16H2,1-2H3,(H,25,26,27,28). The molecular formula is C23H25FN4O2S. The highest BCUT2D eigenvalue weighted by atomic mass is 32.2. The van der Waals surface area contributed by atoms with Crippen LogP contribution < -0.4 is 14.8 Å². The van der Waals surface area contributed by atoms with E-state index >= 15 is 0 Å².